The van der Waals surface area contributed by atoms with E-state index in [0.717, 1.165) is 25.7 Å². The second kappa shape index (κ2) is 5.51. The van der Waals surface area contributed by atoms with Crippen molar-refractivity contribution in [3.05, 3.63) is 35.9 Å². The summed E-state index contributed by atoms with van der Waals surface area (Å²) in [5, 5.41) is 2.76. The van der Waals surface area contributed by atoms with Gasteiger partial charge in [0.05, 0.1) is 12.0 Å². The zero-order valence-electron chi connectivity index (χ0n) is 12.2. The Morgan fingerprint density at radius 2 is 2.00 bits per heavy atom. The number of rotatable bonds is 5. The van der Waals surface area contributed by atoms with Crippen LogP contribution >= 0.6 is 0 Å². The third-order valence-corrected chi connectivity index (χ3v) is 5.21. The fourth-order valence-electron chi connectivity index (χ4n) is 4.32. The van der Waals surface area contributed by atoms with Crippen molar-refractivity contribution in [1.82, 2.24) is 5.32 Å². The highest BCUT2D eigenvalue weighted by Crippen LogP contribution is 2.57. The number of carbonyl (C=O) groups excluding carboxylic acids is 2. The quantitative estimate of drug-likeness (QED) is 0.863. The zero-order chi connectivity index (χ0) is 14.9. The number of primary amides is 1. The molecule has 0 spiro atoms. The van der Waals surface area contributed by atoms with Crippen molar-refractivity contribution >= 4 is 11.8 Å². The van der Waals surface area contributed by atoms with Crippen molar-refractivity contribution in [1.29, 1.82) is 0 Å². The molecule has 2 saturated carbocycles. The Morgan fingerprint density at radius 1 is 1.24 bits per heavy atom. The molecule has 2 amide bonds. The van der Waals surface area contributed by atoms with Crippen molar-refractivity contribution < 1.29 is 9.59 Å². The summed E-state index contributed by atoms with van der Waals surface area (Å²) in [5.41, 5.74) is 6.00. The largest absolute Gasteiger partial charge is 0.368 e. The van der Waals surface area contributed by atoms with Gasteiger partial charge in [0.2, 0.25) is 11.8 Å². The molecule has 4 heteroatoms. The first-order valence-electron chi connectivity index (χ1n) is 7.71. The lowest BCUT2D eigenvalue weighted by atomic mass is 9.68. The standard InChI is InChI=1S/C17H22N2O2/c18-15(20)11-19-16(21)17(9-12-4-2-1-3-5-12)10-13-6-7-14(17)8-13/h1-5,13-14H,6-11H2,(H2,18,20)(H,19,21)/t13-,14-,17+/m0/s1. The molecular weight excluding hydrogens is 264 g/mol. The van der Waals surface area contributed by atoms with Crippen LogP contribution in [0.25, 0.3) is 0 Å². The lowest BCUT2D eigenvalue weighted by Gasteiger charge is -2.36. The predicted octanol–water partition coefficient (Wildman–Crippen LogP) is 1.64. The molecule has 0 heterocycles. The number of nitrogens with two attached hydrogens (primary N) is 1. The van der Waals surface area contributed by atoms with Crippen LogP contribution in [0.1, 0.15) is 31.2 Å². The molecule has 2 fully saturated rings. The number of hydrogen-bond donors (Lipinski definition) is 2. The van der Waals surface area contributed by atoms with Gasteiger partial charge in [-0.1, -0.05) is 36.8 Å². The van der Waals surface area contributed by atoms with E-state index in [0.29, 0.717) is 11.8 Å². The molecule has 0 saturated heterocycles. The highest BCUT2D eigenvalue weighted by atomic mass is 16.2. The fourth-order valence-corrected chi connectivity index (χ4v) is 4.32. The van der Waals surface area contributed by atoms with Gasteiger partial charge in [0, 0.05) is 0 Å². The first kappa shape index (κ1) is 14.1. The molecular formula is C17H22N2O2. The highest BCUT2D eigenvalue weighted by Gasteiger charge is 2.55. The molecule has 112 valence electrons. The van der Waals surface area contributed by atoms with Crippen LogP contribution in [-0.4, -0.2) is 18.4 Å². The Kier molecular flexibility index (Phi) is 3.70. The number of amides is 2. The van der Waals surface area contributed by atoms with E-state index in [-0.39, 0.29) is 17.9 Å². The lowest BCUT2D eigenvalue weighted by Crippen LogP contribution is -2.48. The predicted molar refractivity (Wildman–Crippen MR) is 80.2 cm³/mol. The molecule has 3 N–H and O–H groups in total. The van der Waals surface area contributed by atoms with Gasteiger partial charge < -0.3 is 11.1 Å². The minimum Gasteiger partial charge on any atom is -0.368 e. The van der Waals surface area contributed by atoms with Crippen molar-refractivity contribution in [2.24, 2.45) is 23.0 Å². The summed E-state index contributed by atoms with van der Waals surface area (Å²) in [6, 6.07) is 10.2. The van der Waals surface area contributed by atoms with E-state index in [1.54, 1.807) is 0 Å². The van der Waals surface area contributed by atoms with Crippen LogP contribution in [0.2, 0.25) is 0 Å². The van der Waals surface area contributed by atoms with Gasteiger partial charge in [-0.2, -0.15) is 0 Å². The van der Waals surface area contributed by atoms with E-state index in [2.05, 4.69) is 17.4 Å². The third-order valence-electron chi connectivity index (χ3n) is 5.21. The first-order valence-corrected chi connectivity index (χ1v) is 7.71. The summed E-state index contributed by atoms with van der Waals surface area (Å²) in [7, 11) is 0. The van der Waals surface area contributed by atoms with Crippen molar-refractivity contribution in [2.45, 2.75) is 32.1 Å². The number of nitrogens with one attached hydrogen (secondary N) is 1. The van der Waals surface area contributed by atoms with E-state index in [1.807, 2.05) is 18.2 Å². The van der Waals surface area contributed by atoms with Crippen LogP contribution in [0.15, 0.2) is 30.3 Å². The van der Waals surface area contributed by atoms with Crippen LogP contribution < -0.4 is 11.1 Å². The van der Waals surface area contributed by atoms with Gasteiger partial charge in [0.25, 0.3) is 0 Å². The summed E-state index contributed by atoms with van der Waals surface area (Å²) >= 11 is 0. The van der Waals surface area contributed by atoms with E-state index in [9.17, 15) is 9.59 Å². The number of fused-ring (bicyclic) bond motifs is 2. The van der Waals surface area contributed by atoms with Gasteiger partial charge in [-0.25, -0.2) is 0 Å². The molecule has 0 aliphatic heterocycles. The molecule has 2 aliphatic carbocycles. The van der Waals surface area contributed by atoms with Crippen LogP contribution in [0.4, 0.5) is 0 Å². The van der Waals surface area contributed by atoms with Gasteiger partial charge in [0.15, 0.2) is 0 Å². The van der Waals surface area contributed by atoms with Crippen molar-refractivity contribution in [2.75, 3.05) is 6.54 Å². The Labute approximate surface area is 125 Å². The van der Waals surface area contributed by atoms with Gasteiger partial charge >= 0.3 is 0 Å². The highest BCUT2D eigenvalue weighted by molar-refractivity contribution is 5.88. The van der Waals surface area contributed by atoms with E-state index in [1.165, 1.54) is 12.0 Å². The van der Waals surface area contributed by atoms with Crippen LogP contribution in [0.3, 0.4) is 0 Å². The maximum absolute atomic E-state index is 12.7. The van der Waals surface area contributed by atoms with Gasteiger partial charge in [-0.15, -0.1) is 0 Å². The average molecular weight is 286 g/mol. The van der Waals surface area contributed by atoms with E-state index < -0.39 is 5.91 Å². The minimum atomic E-state index is -0.485. The zero-order valence-corrected chi connectivity index (χ0v) is 12.2. The summed E-state index contributed by atoms with van der Waals surface area (Å²) in [4.78, 5) is 23.7. The van der Waals surface area contributed by atoms with Gasteiger partial charge in [-0.3, -0.25) is 9.59 Å². The molecule has 3 rings (SSSR count). The summed E-state index contributed by atoms with van der Waals surface area (Å²) < 4.78 is 0. The number of hydrogen-bond acceptors (Lipinski definition) is 2. The fraction of sp³-hybridized carbons (Fsp3) is 0.529. The molecule has 0 unspecified atom stereocenters. The van der Waals surface area contributed by atoms with Crippen molar-refractivity contribution in [3.63, 3.8) is 0 Å². The van der Waals surface area contributed by atoms with Gasteiger partial charge in [-0.05, 0) is 43.1 Å². The molecule has 1 aromatic rings. The molecule has 0 radical (unpaired) electrons. The summed E-state index contributed by atoms with van der Waals surface area (Å²) in [6.07, 6.45) is 5.22. The lowest BCUT2D eigenvalue weighted by molar-refractivity contribution is -0.135. The van der Waals surface area contributed by atoms with Crippen LogP contribution in [0, 0.1) is 17.3 Å². The number of benzene rings is 1. The Hall–Kier alpha value is -1.84. The molecule has 21 heavy (non-hydrogen) atoms. The monoisotopic (exact) mass is 286 g/mol. The molecule has 2 bridgehead atoms. The summed E-state index contributed by atoms with van der Waals surface area (Å²) in [6.45, 7) is -0.0627. The SMILES string of the molecule is NC(=O)CNC(=O)[C@]1(Cc2ccccc2)C[C@H]2CC[C@H]1C2. The maximum atomic E-state index is 12.7. The normalized spacial score (nSPS) is 30.3. The Bertz CT molecular complexity index is 543. The van der Waals surface area contributed by atoms with E-state index >= 15 is 0 Å². The molecule has 1 aromatic carbocycles. The van der Waals surface area contributed by atoms with Crippen LogP contribution in [-0.2, 0) is 16.0 Å². The molecule has 2 aliphatic rings. The summed E-state index contributed by atoms with van der Waals surface area (Å²) in [5.74, 6) is 0.632. The minimum absolute atomic E-state index is 0.0114. The second-order valence-corrected chi connectivity index (χ2v) is 6.55. The molecule has 0 aromatic heterocycles. The van der Waals surface area contributed by atoms with Crippen LogP contribution in [0.5, 0.6) is 0 Å². The first-order chi connectivity index (χ1) is 10.1. The molecule has 3 atom stereocenters. The number of carbonyl (C=O) groups is 2. The molecule has 4 nitrogen and oxygen atoms in total. The average Bonchev–Trinajstić information content (AvgIpc) is 3.07. The smallest absolute Gasteiger partial charge is 0.236 e. The van der Waals surface area contributed by atoms with E-state index in [4.69, 9.17) is 5.73 Å². The second-order valence-electron chi connectivity index (χ2n) is 6.55. The third kappa shape index (κ3) is 2.67. The topological polar surface area (TPSA) is 72.2 Å². The maximum Gasteiger partial charge on any atom is 0.236 e. The van der Waals surface area contributed by atoms with Gasteiger partial charge in [0.1, 0.15) is 0 Å². The Morgan fingerprint density at radius 3 is 2.57 bits per heavy atom. The van der Waals surface area contributed by atoms with Crippen molar-refractivity contribution in [3.8, 4) is 0 Å². The Balaban J connectivity index is 1.82.